The fourth-order valence-corrected chi connectivity index (χ4v) is 7.08. The smallest absolute Gasteiger partial charge is 0.270 e. The normalized spacial score (nSPS) is 14.8. The number of ether oxygens (including phenoxy) is 3. The number of benzene rings is 3. The van der Waals surface area contributed by atoms with Gasteiger partial charge in [0.25, 0.3) is 15.9 Å². The van der Waals surface area contributed by atoms with Crippen molar-refractivity contribution in [1.82, 2.24) is 19.4 Å². The zero-order valence-corrected chi connectivity index (χ0v) is 27.2. The molecular formula is C35H35N5O6S. The summed E-state index contributed by atoms with van der Waals surface area (Å²) in [5, 5.41) is 0.927. The molecule has 11 nitrogen and oxygen atoms in total. The molecule has 2 aliphatic rings. The Morgan fingerprint density at radius 1 is 0.915 bits per heavy atom. The summed E-state index contributed by atoms with van der Waals surface area (Å²) in [7, 11) is -0.354. The average Bonchev–Trinajstić information content (AvgIpc) is 3.69. The van der Waals surface area contributed by atoms with Gasteiger partial charge in [-0.05, 0) is 61.0 Å². The molecule has 242 valence electrons. The molecule has 0 N–H and O–H groups in total. The number of anilines is 1. The van der Waals surface area contributed by atoms with E-state index in [1.54, 1.807) is 36.4 Å². The zero-order chi connectivity index (χ0) is 32.7. The van der Waals surface area contributed by atoms with E-state index in [0.717, 1.165) is 53.2 Å². The number of rotatable bonds is 8. The number of pyridine rings is 1. The minimum absolute atomic E-state index is 0.00383. The lowest BCUT2D eigenvalue weighted by atomic mass is 10.1. The molecule has 1 amide bonds. The van der Waals surface area contributed by atoms with Gasteiger partial charge in [-0.2, -0.15) is 0 Å². The highest BCUT2D eigenvalue weighted by atomic mass is 32.2. The van der Waals surface area contributed by atoms with E-state index in [-0.39, 0.29) is 17.6 Å². The molecule has 7 rings (SSSR count). The summed E-state index contributed by atoms with van der Waals surface area (Å²) < 4.78 is 46.2. The number of carbonyl (C=O) groups is 1. The summed E-state index contributed by atoms with van der Waals surface area (Å²) in [6, 6.07) is 23.6. The first-order chi connectivity index (χ1) is 22.7. The number of sulfonamides is 1. The lowest BCUT2D eigenvalue weighted by Crippen LogP contribution is -2.48. The van der Waals surface area contributed by atoms with Crippen molar-refractivity contribution in [3.8, 4) is 23.1 Å². The van der Waals surface area contributed by atoms with Gasteiger partial charge in [-0.15, -0.1) is 0 Å². The van der Waals surface area contributed by atoms with Crippen LogP contribution in [0.4, 0.5) is 5.69 Å². The molecule has 0 bridgehead atoms. The van der Waals surface area contributed by atoms with Gasteiger partial charge in [0.15, 0.2) is 11.5 Å². The second-order valence-corrected chi connectivity index (χ2v) is 13.8. The van der Waals surface area contributed by atoms with Gasteiger partial charge in [0.2, 0.25) is 12.7 Å². The first-order valence-corrected chi connectivity index (χ1v) is 16.8. The van der Waals surface area contributed by atoms with Crippen LogP contribution in [0.3, 0.4) is 0 Å². The number of aryl methyl sites for hydroxylation is 2. The Balaban J connectivity index is 0.991. The van der Waals surface area contributed by atoms with E-state index in [9.17, 15) is 13.2 Å². The number of hydrogen-bond acceptors (Lipinski definition) is 8. The van der Waals surface area contributed by atoms with Gasteiger partial charge in [0.1, 0.15) is 11.4 Å². The molecule has 0 aliphatic carbocycles. The Morgan fingerprint density at radius 3 is 2.43 bits per heavy atom. The summed E-state index contributed by atoms with van der Waals surface area (Å²) in [4.78, 5) is 22.4. The fraction of sp³-hybridized carbons (Fsp3) is 0.257. The maximum absolute atomic E-state index is 13.6. The van der Waals surface area contributed by atoms with Crippen LogP contribution < -0.4 is 18.5 Å². The highest BCUT2D eigenvalue weighted by molar-refractivity contribution is 7.92. The van der Waals surface area contributed by atoms with E-state index in [0.29, 0.717) is 36.1 Å². The number of amides is 1. The van der Waals surface area contributed by atoms with Crippen LogP contribution in [0.5, 0.6) is 23.1 Å². The van der Waals surface area contributed by atoms with E-state index in [4.69, 9.17) is 14.2 Å². The number of aromatic nitrogens is 2. The van der Waals surface area contributed by atoms with Crippen molar-refractivity contribution in [3.05, 3.63) is 102 Å². The molecule has 0 saturated carbocycles. The van der Waals surface area contributed by atoms with Crippen molar-refractivity contribution in [2.24, 2.45) is 7.05 Å². The SMILES string of the molecule is Cc1ccc(S(=O)(=O)N(C)c2ccc(Oc3ccc4cc(C(=O)N5CCN(Cc6ccc7c(c6)OCO7)CC5)n(C)c4c3)nc2)cc1. The van der Waals surface area contributed by atoms with E-state index >= 15 is 0 Å². The first kappa shape index (κ1) is 30.6. The van der Waals surface area contributed by atoms with Crippen molar-refractivity contribution < 1.29 is 27.4 Å². The summed E-state index contributed by atoms with van der Waals surface area (Å²) >= 11 is 0. The molecule has 0 spiro atoms. The molecule has 1 fully saturated rings. The number of piperazine rings is 1. The zero-order valence-electron chi connectivity index (χ0n) is 26.4. The minimum atomic E-state index is -3.73. The maximum Gasteiger partial charge on any atom is 0.270 e. The van der Waals surface area contributed by atoms with Crippen molar-refractivity contribution in [2.75, 3.05) is 44.3 Å². The molecule has 1 saturated heterocycles. The molecule has 47 heavy (non-hydrogen) atoms. The maximum atomic E-state index is 13.6. The largest absolute Gasteiger partial charge is 0.454 e. The van der Waals surface area contributed by atoms with Gasteiger partial charge >= 0.3 is 0 Å². The highest BCUT2D eigenvalue weighted by Crippen LogP contribution is 2.33. The monoisotopic (exact) mass is 653 g/mol. The quantitative estimate of drug-likeness (QED) is 0.226. The van der Waals surface area contributed by atoms with Gasteiger partial charge in [0, 0.05) is 64.3 Å². The van der Waals surface area contributed by atoms with Crippen LogP contribution in [-0.2, 0) is 23.6 Å². The number of fused-ring (bicyclic) bond motifs is 2. The van der Waals surface area contributed by atoms with E-state index < -0.39 is 10.0 Å². The Bertz CT molecular complexity index is 2050. The Morgan fingerprint density at radius 2 is 1.68 bits per heavy atom. The summed E-state index contributed by atoms with van der Waals surface area (Å²) in [6.07, 6.45) is 1.47. The average molecular weight is 654 g/mol. The van der Waals surface area contributed by atoms with Gasteiger partial charge in [0.05, 0.1) is 22.3 Å². The number of nitrogens with zero attached hydrogens (tertiary/aromatic N) is 5. The van der Waals surface area contributed by atoms with Crippen molar-refractivity contribution in [1.29, 1.82) is 0 Å². The van der Waals surface area contributed by atoms with Crippen LogP contribution in [0, 0.1) is 6.92 Å². The second-order valence-electron chi connectivity index (χ2n) is 11.8. The molecule has 0 radical (unpaired) electrons. The lowest BCUT2D eigenvalue weighted by Gasteiger charge is -2.34. The number of carbonyl (C=O) groups excluding carboxylic acids is 1. The highest BCUT2D eigenvalue weighted by Gasteiger charge is 2.26. The molecule has 2 aromatic heterocycles. The van der Waals surface area contributed by atoms with Gasteiger partial charge in [-0.1, -0.05) is 23.8 Å². The Kier molecular flexibility index (Phi) is 7.98. The summed E-state index contributed by atoms with van der Waals surface area (Å²) in [5.41, 5.74) is 4.02. The van der Waals surface area contributed by atoms with E-state index in [2.05, 4.69) is 16.0 Å². The fourth-order valence-electron chi connectivity index (χ4n) is 5.89. The molecule has 3 aromatic carbocycles. The molecule has 0 atom stereocenters. The summed E-state index contributed by atoms with van der Waals surface area (Å²) in [6.45, 7) is 5.80. The Hall–Kier alpha value is -5.07. The van der Waals surface area contributed by atoms with Crippen LogP contribution in [0.2, 0.25) is 0 Å². The van der Waals surface area contributed by atoms with Crippen LogP contribution in [0.25, 0.3) is 10.9 Å². The third kappa shape index (κ3) is 6.09. The molecule has 12 heteroatoms. The topological polar surface area (TPSA) is 106 Å². The lowest BCUT2D eigenvalue weighted by molar-refractivity contribution is 0.0619. The van der Waals surface area contributed by atoms with Crippen LogP contribution in [0.15, 0.2) is 90.0 Å². The third-order valence-electron chi connectivity index (χ3n) is 8.72. The van der Waals surface area contributed by atoms with Crippen LogP contribution in [0.1, 0.15) is 21.6 Å². The van der Waals surface area contributed by atoms with Gasteiger partial charge in [-0.3, -0.25) is 14.0 Å². The van der Waals surface area contributed by atoms with Crippen molar-refractivity contribution in [2.45, 2.75) is 18.4 Å². The Labute approximate surface area is 273 Å². The van der Waals surface area contributed by atoms with Crippen LogP contribution in [-0.4, -0.2) is 73.7 Å². The van der Waals surface area contributed by atoms with Gasteiger partial charge in [-0.25, -0.2) is 13.4 Å². The standard InChI is InChI=1S/C35H35N5O6S/c1-24-4-10-29(11-5-24)47(42,43)38(3)27-8-13-34(36-21-27)46-28-9-7-26-19-31(37(2)30(26)20-28)35(41)40-16-14-39(15-17-40)22-25-6-12-32-33(18-25)45-23-44-32/h4-13,18-21H,14-17,22-23H2,1-3H3. The van der Waals surface area contributed by atoms with Crippen LogP contribution >= 0.6 is 0 Å². The van der Waals surface area contributed by atoms with Crippen molar-refractivity contribution in [3.63, 3.8) is 0 Å². The predicted molar refractivity (Wildman–Crippen MR) is 178 cm³/mol. The summed E-state index contributed by atoms with van der Waals surface area (Å²) in [5.74, 6) is 2.43. The molecule has 4 heterocycles. The van der Waals surface area contributed by atoms with Gasteiger partial charge < -0.3 is 23.7 Å². The predicted octanol–water partition coefficient (Wildman–Crippen LogP) is 5.19. The van der Waals surface area contributed by atoms with E-state index in [1.165, 1.54) is 17.5 Å². The third-order valence-corrected chi connectivity index (χ3v) is 10.5. The molecule has 5 aromatic rings. The minimum Gasteiger partial charge on any atom is -0.454 e. The number of hydrogen-bond donors (Lipinski definition) is 0. The molecular weight excluding hydrogens is 618 g/mol. The van der Waals surface area contributed by atoms with Crippen molar-refractivity contribution >= 4 is 32.5 Å². The molecule has 0 unspecified atom stereocenters. The first-order valence-electron chi connectivity index (χ1n) is 15.3. The second kappa shape index (κ2) is 12.3. The van der Waals surface area contributed by atoms with E-state index in [1.807, 2.05) is 59.8 Å². The molecule has 2 aliphatic heterocycles.